The van der Waals surface area contributed by atoms with E-state index in [1.807, 2.05) is 4.90 Å². The number of halogens is 1. The van der Waals surface area contributed by atoms with Gasteiger partial charge in [-0.1, -0.05) is 31.0 Å². The van der Waals surface area contributed by atoms with Crippen LogP contribution < -0.4 is 5.32 Å². The zero-order valence-corrected chi connectivity index (χ0v) is 14.3. The van der Waals surface area contributed by atoms with Gasteiger partial charge in [0.05, 0.1) is 12.0 Å². The molecular formula is C19H25FN2O3. The van der Waals surface area contributed by atoms with Gasteiger partial charge in [0.25, 0.3) is 0 Å². The summed E-state index contributed by atoms with van der Waals surface area (Å²) in [5.74, 6) is -0.743. The molecule has 1 aliphatic carbocycles. The lowest BCUT2D eigenvalue weighted by Gasteiger charge is -2.39. The minimum absolute atomic E-state index is 0.144. The first-order valence-corrected chi connectivity index (χ1v) is 8.94. The summed E-state index contributed by atoms with van der Waals surface area (Å²) in [4.78, 5) is 26.0. The van der Waals surface area contributed by atoms with E-state index in [0.29, 0.717) is 24.4 Å². The van der Waals surface area contributed by atoms with E-state index in [1.165, 1.54) is 6.07 Å². The molecule has 0 spiro atoms. The van der Waals surface area contributed by atoms with E-state index in [4.69, 9.17) is 0 Å². The van der Waals surface area contributed by atoms with Crippen molar-refractivity contribution in [3.05, 3.63) is 35.6 Å². The fourth-order valence-electron chi connectivity index (χ4n) is 3.76. The van der Waals surface area contributed by atoms with Crippen LogP contribution >= 0.6 is 0 Å². The Balaban J connectivity index is 1.53. The highest BCUT2D eigenvalue weighted by atomic mass is 19.1. The van der Waals surface area contributed by atoms with Gasteiger partial charge in [-0.3, -0.25) is 14.5 Å². The Kier molecular flexibility index (Phi) is 5.37. The highest BCUT2D eigenvalue weighted by Crippen LogP contribution is 2.44. The van der Waals surface area contributed by atoms with Crippen LogP contribution in [0.15, 0.2) is 24.3 Å². The number of nitrogens with one attached hydrogen (secondary N) is 1. The molecule has 1 aromatic carbocycles. The molecule has 0 aromatic heterocycles. The van der Waals surface area contributed by atoms with Crippen molar-refractivity contribution >= 4 is 11.9 Å². The van der Waals surface area contributed by atoms with Gasteiger partial charge < -0.3 is 10.4 Å². The number of hydrogen-bond acceptors (Lipinski definition) is 3. The van der Waals surface area contributed by atoms with Crippen molar-refractivity contribution < 1.29 is 19.1 Å². The summed E-state index contributed by atoms with van der Waals surface area (Å²) < 4.78 is 13.6. The minimum Gasteiger partial charge on any atom is -0.481 e. The molecule has 5 nitrogen and oxygen atoms in total. The van der Waals surface area contributed by atoms with Crippen LogP contribution in [0.1, 0.15) is 37.7 Å². The van der Waals surface area contributed by atoms with Crippen molar-refractivity contribution in [2.24, 2.45) is 11.3 Å². The Morgan fingerprint density at radius 3 is 2.76 bits per heavy atom. The largest absolute Gasteiger partial charge is 0.481 e. The minimum atomic E-state index is -0.740. The van der Waals surface area contributed by atoms with Gasteiger partial charge in [0, 0.05) is 18.7 Å². The second-order valence-electron chi connectivity index (χ2n) is 7.42. The third kappa shape index (κ3) is 4.57. The van der Waals surface area contributed by atoms with Gasteiger partial charge in [0.1, 0.15) is 5.82 Å². The molecule has 0 radical (unpaired) electrons. The lowest BCUT2D eigenvalue weighted by atomic mass is 9.75. The zero-order chi connectivity index (χ0) is 17.9. The number of aliphatic carboxylic acids is 1. The molecule has 1 aromatic rings. The number of rotatable bonds is 7. The van der Waals surface area contributed by atoms with E-state index >= 15 is 0 Å². The first-order valence-electron chi connectivity index (χ1n) is 8.94. The number of carboxylic acid groups (broad SMARTS) is 1. The molecule has 2 fully saturated rings. The quantitative estimate of drug-likeness (QED) is 0.794. The highest BCUT2D eigenvalue weighted by molar-refractivity contribution is 5.78. The normalized spacial score (nSPS) is 24.0. The van der Waals surface area contributed by atoms with Crippen molar-refractivity contribution in [1.82, 2.24) is 10.2 Å². The Morgan fingerprint density at radius 2 is 2.08 bits per heavy atom. The van der Waals surface area contributed by atoms with Crippen LogP contribution in [-0.4, -0.2) is 41.5 Å². The maximum atomic E-state index is 13.6. The van der Waals surface area contributed by atoms with Crippen molar-refractivity contribution in [2.45, 2.75) is 38.6 Å². The topological polar surface area (TPSA) is 69.6 Å². The highest BCUT2D eigenvalue weighted by Gasteiger charge is 2.46. The fraction of sp³-hybridized carbons (Fsp3) is 0.579. The van der Waals surface area contributed by atoms with Gasteiger partial charge in [-0.05, 0) is 37.8 Å². The fourth-order valence-corrected chi connectivity index (χ4v) is 3.76. The molecule has 3 rings (SSSR count). The molecular weight excluding hydrogens is 323 g/mol. The van der Waals surface area contributed by atoms with Crippen LogP contribution in [0.3, 0.4) is 0 Å². The van der Waals surface area contributed by atoms with E-state index in [2.05, 4.69) is 5.32 Å². The zero-order valence-electron chi connectivity index (χ0n) is 14.3. The average Bonchev–Trinajstić information content (AvgIpc) is 3.38. The number of amides is 1. The number of nitrogens with zero attached hydrogens (tertiary/aromatic N) is 1. The van der Waals surface area contributed by atoms with Gasteiger partial charge >= 0.3 is 5.97 Å². The van der Waals surface area contributed by atoms with Gasteiger partial charge in [-0.25, -0.2) is 4.39 Å². The maximum Gasteiger partial charge on any atom is 0.310 e. The summed E-state index contributed by atoms with van der Waals surface area (Å²) >= 11 is 0. The SMILES string of the molecule is O=C(CN1CCCC(CC2CC2)(C(=O)O)C1)NCc1ccccc1F. The molecule has 6 heteroatoms. The predicted molar refractivity (Wildman–Crippen MR) is 91.3 cm³/mol. The maximum absolute atomic E-state index is 13.6. The Labute approximate surface area is 147 Å². The monoisotopic (exact) mass is 348 g/mol. The van der Waals surface area contributed by atoms with Crippen molar-refractivity contribution in [3.8, 4) is 0 Å². The van der Waals surface area contributed by atoms with E-state index < -0.39 is 11.4 Å². The Morgan fingerprint density at radius 1 is 1.32 bits per heavy atom. The average molecular weight is 348 g/mol. The molecule has 2 N–H and O–H groups in total. The van der Waals surface area contributed by atoms with E-state index in [1.54, 1.807) is 18.2 Å². The third-order valence-corrected chi connectivity index (χ3v) is 5.29. The predicted octanol–water partition coefficient (Wildman–Crippen LogP) is 2.41. The van der Waals surface area contributed by atoms with Gasteiger partial charge in [0.15, 0.2) is 0 Å². The van der Waals surface area contributed by atoms with Crippen molar-refractivity contribution in [1.29, 1.82) is 0 Å². The first kappa shape index (κ1) is 17.9. The molecule has 1 aliphatic heterocycles. The van der Waals surface area contributed by atoms with Crippen LogP contribution in [-0.2, 0) is 16.1 Å². The second kappa shape index (κ2) is 7.52. The van der Waals surface area contributed by atoms with Gasteiger partial charge in [0.2, 0.25) is 5.91 Å². The van der Waals surface area contributed by atoms with E-state index in [9.17, 15) is 19.1 Å². The Hall–Kier alpha value is -1.95. The molecule has 1 amide bonds. The molecule has 136 valence electrons. The van der Waals surface area contributed by atoms with Crippen LogP contribution in [0.25, 0.3) is 0 Å². The molecule has 2 aliphatic rings. The number of hydrogen-bond donors (Lipinski definition) is 2. The first-order chi connectivity index (χ1) is 12.0. The number of likely N-dealkylation sites (tertiary alicyclic amines) is 1. The molecule has 1 saturated carbocycles. The number of carboxylic acids is 1. The molecule has 25 heavy (non-hydrogen) atoms. The molecule has 1 heterocycles. The second-order valence-corrected chi connectivity index (χ2v) is 7.42. The summed E-state index contributed by atoms with van der Waals surface area (Å²) in [7, 11) is 0. The van der Waals surface area contributed by atoms with E-state index in [0.717, 1.165) is 32.2 Å². The number of carbonyl (C=O) groups excluding carboxylic acids is 1. The molecule has 1 saturated heterocycles. The molecule has 1 atom stereocenters. The number of piperidine rings is 1. The third-order valence-electron chi connectivity index (χ3n) is 5.29. The Bertz CT molecular complexity index is 647. The standard InChI is InChI=1S/C19H25FN2O3/c20-16-5-2-1-4-15(16)11-21-17(23)12-22-9-3-8-19(13-22,18(24)25)10-14-6-7-14/h1-2,4-5,14H,3,6-13H2,(H,21,23)(H,24,25). The van der Waals surface area contributed by atoms with Crippen molar-refractivity contribution in [3.63, 3.8) is 0 Å². The van der Waals surface area contributed by atoms with Crippen molar-refractivity contribution in [2.75, 3.05) is 19.6 Å². The molecule has 0 bridgehead atoms. The van der Waals surface area contributed by atoms with Crippen LogP contribution in [0.4, 0.5) is 4.39 Å². The summed E-state index contributed by atoms with van der Waals surface area (Å²) in [6.07, 6.45) is 4.44. The number of carbonyl (C=O) groups is 2. The van der Waals surface area contributed by atoms with Crippen LogP contribution in [0, 0.1) is 17.2 Å². The lowest BCUT2D eigenvalue weighted by molar-refractivity contribution is -0.154. The van der Waals surface area contributed by atoms with E-state index in [-0.39, 0.29) is 24.8 Å². The van der Waals surface area contributed by atoms with Gasteiger partial charge in [-0.15, -0.1) is 0 Å². The van der Waals surface area contributed by atoms with Crippen LogP contribution in [0.5, 0.6) is 0 Å². The number of benzene rings is 1. The summed E-state index contributed by atoms with van der Waals surface area (Å²) in [6.45, 7) is 1.46. The van der Waals surface area contributed by atoms with Gasteiger partial charge in [-0.2, -0.15) is 0 Å². The summed E-state index contributed by atoms with van der Waals surface area (Å²) in [5.41, 5.74) is -0.270. The lowest BCUT2D eigenvalue weighted by Crippen LogP contribution is -2.50. The van der Waals surface area contributed by atoms with Crippen LogP contribution in [0.2, 0.25) is 0 Å². The summed E-state index contributed by atoms with van der Waals surface area (Å²) in [6, 6.07) is 6.35. The molecule has 1 unspecified atom stereocenters. The smallest absolute Gasteiger partial charge is 0.310 e. The summed E-state index contributed by atoms with van der Waals surface area (Å²) in [5, 5.41) is 12.5.